The third-order valence-corrected chi connectivity index (χ3v) is 2.77. The van der Waals surface area contributed by atoms with E-state index in [4.69, 9.17) is 10.6 Å². The van der Waals surface area contributed by atoms with Crippen LogP contribution in [0.3, 0.4) is 0 Å². The molecule has 0 aromatic heterocycles. The average Bonchev–Trinajstić information content (AvgIpc) is 2.53. The molecule has 2 atom stereocenters. The lowest BCUT2D eigenvalue weighted by Gasteiger charge is -2.23. The first-order chi connectivity index (χ1) is 7.47. The maximum Gasteiger partial charge on any atom is 0.0813 e. The Morgan fingerprint density at radius 3 is 2.50 bits per heavy atom. The molecule has 0 saturated carbocycles. The lowest BCUT2D eigenvalue weighted by atomic mass is 10.1. The fraction of sp³-hybridized carbons (Fsp3) is 0.538. The van der Waals surface area contributed by atoms with Crippen molar-refractivity contribution in [3.63, 3.8) is 0 Å². The number of hydrogen-bond acceptors (Lipinski definition) is 3. The fourth-order valence-corrected chi connectivity index (χ4v) is 2.03. The Hall–Kier alpha value is -0.900. The van der Waals surface area contributed by atoms with Gasteiger partial charge in [0, 0.05) is 6.04 Å². The van der Waals surface area contributed by atoms with Crippen LogP contribution in [-0.2, 0) is 4.84 Å². The van der Waals surface area contributed by atoms with Crippen molar-refractivity contribution < 1.29 is 4.84 Å². The van der Waals surface area contributed by atoms with Crippen LogP contribution in [0.1, 0.15) is 50.4 Å². The molecule has 3 nitrogen and oxygen atoms in total. The standard InChI is InChI=1S/C13H20N2O/c1-13(2,3)16-15-12-8-11(14)9-6-4-5-7-10(9)12/h4-7,11-12,15H,8,14H2,1-3H3. The van der Waals surface area contributed by atoms with Crippen LogP contribution in [-0.4, -0.2) is 5.60 Å². The quantitative estimate of drug-likeness (QED) is 0.753. The van der Waals surface area contributed by atoms with Crippen LogP contribution in [0.25, 0.3) is 0 Å². The van der Waals surface area contributed by atoms with Gasteiger partial charge in [0.2, 0.25) is 0 Å². The van der Waals surface area contributed by atoms with E-state index in [1.54, 1.807) is 0 Å². The van der Waals surface area contributed by atoms with Crippen LogP contribution in [0.2, 0.25) is 0 Å². The van der Waals surface area contributed by atoms with Gasteiger partial charge in [-0.1, -0.05) is 24.3 Å². The first-order valence-electron chi connectivity index (χ1n) is 5.75. The minimum atomic E-state index is -0.179. The monoisotopic (exact) mass is 220 g/mol. The van der Waals surface area contributed by atoms with Gasteiger partial charge in [-0.3, -0.25) is 4.84 Å². The lowest BCUT2D eigenvalue weighted by Crippen LogP contribution is -2.31. The molecule has 0 amide bonds. The van der Waals surface area contributed by atoms with Crippen molar-refractivity contribution in [1.82, 2.24) is 5.48 Å². The molecule has 0 heterocycles. The topological polar surface area (TPSA) is 47.3 Å². The van der Waals surface area contributed by atoms with E-state index in [2.05, 4.69) is 17.6 Å². The Morgan fingerprint density at radius 2 is 1.88 bits per heavy atom. The summed E-state index contributed by atoms with van der Waals surface area (Å²) in [5, 5.41) is 0. The van der Waals surface area contributed by atoms with Crippen LogP contribution < -0.4 is 11.2 Å². The molecule has 3 N–H and O–H groups in total. The van der Waals surface area contributed by atoms with Gasteiger partial charge in [0.25, 0.3) is 0 Å². The molecule has 0 spiro atoms. The second-order valence-corrected chi connectivity index (χ2v) is 5.36. The summed E-state index contributed by atoms with van der Waals surface area (Å²) in [6, 6.07) is 8.63. The van der Waals surface area contributed by atoms with Crippen LogP contribution in [0.5, 0.6) is 0 Å². The third-order valence-electron chi connectivity index (χ3n) is 2.77. The summed E-state index contributed by atoms with van der Waals surface area (Å²) in [6.45, 7) is 6.09. The molecule has 2 rings (SSSR count). The van der Waals surface area contributed by atoms with E-state index < -0.39 is 0 Å². The largest absolute Gasteiger partial charge is 0.324 e. The van der Waals surface area contributed by atoms with Gasteiger partial charge in [-0.15, -0.1) is 0 Å². The molecule has 3 heteroatoms. The number of hydroxylamine groups is 1. The lowest BCUT2D eigenvalue weighted by molar-refractivity contribution is -0.0893. The second kappa shape index (κ2) is 4.17. The molecule has 0 aliphatic heterocycles. The highest BCUT2D eigenvalue weighted by atomic mass is 16.7. The van der Waals surface area contributed by atoms with E-state index in [0.717, 1.165) is 6.42 Å². The Labute approximate surface area is 96.9 Å². The molecule has 0 radical (unpaired) electrons. The molecule has 1 aliphatic carbocycles. The first kappa shape index (κ1) is 11.6. The molecule has 1 aromatic carbocycles. The summed E-state index contributed by atoms with van der Waals surface area (Å²) < 4.78 is 0. The van der Waals surface area contributed by atoms with Gasteiger partial charge < -0.3 is 5.73 Å². The van der Waals surface area contributed by atoms with Crippen LogP contribution in [0.4, 0.5) is 0 Å². The third kappa shape index (κ3) is 2.43. The zero-order chi connectivity index (χ0) is 11.8. The van der Waals surface area contributed by atoms with Crippen molar-refractivity contribution in [3.8, 4) is 0 Å². The van der Waals surface area contributed by atoms with Gasteiger partial charge in [-0.2, -0.15) is 5.48 Å². The maximum atomic E-state index is 6.08. The van der Waals surface area contributed by atoms with Gasteiger partial charge >= 0.3 is 0 Å². The van der Waals surface area contributed by atoms with Gasteiger partial charge in [0.05, 0.1) is 11.6 Å². The van der Waals surface area contributed by atoms with Crippen LogP contribution >= 0.6 is 0 Å². The fourth-order valence-electron chi connectivity index (χ4n) is 2.03. The van der Waals surface area contributed by atoms with E-state index >= 15 is 0 Å². The molecule has 0 bridgehead atoms. The van der Waals surface area contributed by atoms with Crippen molar-refractivity contribution in [1.29, 1.82) is 0 Å². The number of rotatable bonds is 2. The molecule has 1 aromatic rings. The van der Waals surface area contributed by atoms with Crippen LogP contribution in [0.15, 0.2) is 24.3 Å². The highest BCUT2D eigenvalue weighted by molar-refractivity contribution is 5.36. The normalized spacial score (nSPS) is 24.5. The number of nitrogens with one attached hydrogen (secondary N) is 1. The first-order valence-corrected chi connectivity index (χ1v) is 5.75. The molecule has 2 unspecified atom stereocenters. The van der Waals surface area contributed by atoms with E-state index in [1.165, 1.54) is 11.1 Å². The second-order valence-electron chi connectivity index (χ2n) is 5.36. The molecule has 1 aliphatic rings. The van der Waals surface area contributed by atoms with Gasteiger partial charge in [0.1, 0.15) is 0 Å². The molecule has 88 valence electrons. The zero-order valence-electron chi connectivity index (χ0n) is 10.2. The molecule has 16 heavy (non-hydrogen) atoms. The Balaban J connectivity index is 2.09. The smallest absolute Gasteiger partial charge is 0.0813 e. The Kier molecular flexibility index (Phi) is 3.02. The Morgan fingerprint density at radius 1 is 1.25 bits per heavy atom. The summed E-state index contributed by atoms with van der Waals surface area (Å²) in [7, 11) is 0. The van der Waals surface area contributed by atoms with E-state index in [-0.39, 0.29) is 17.7 Å². The van der Waals surface area contributed by atoms with Crippen molar-refractivity contribution in [3.05, 3.63) is 35.4 Å². The highest BCUT2D eigenvalue weighted by Gasteiger charge is 2.29. The molecular formula is C13H20N2O. The summed E-state index contributed by atoms with van der Waals surface area (Å²) in [6.07, 6.45) is 0.898. The van der Waals surface area contributed by atoms with Crippen molar-refractivity contribution in [2.75, 3.05) is 0 Å². The van der Waals surface area contributed by atoms with Crippen LogP contribution in [0, 0.1) is 0 Å². The van der Waals surface area contributed by atoms with E-state index in [0.29, 0.717) is 0 Å². The predicted molar refractivity (Wildman–Crippen MR) is 64.7 cm³/mol. The SMILES string of the molecule is CC(C)(C)ONC1CC(N)c2ccccc21. The number of benzene rings is 1. The number of nitrogens with two attached hydrogens (primary N) is 1. The predicted octanol–water partition coefficient (Wildman–Crippen LogP) is 2.45. The number of fused-ring (bicyclic) bond motifs is 1. The molecule has 0 saturated heterocycles. The van der Waals surface area contributed by atoms with E-state index in [1.807, 2.05) is 32.9 Å². The zero-order valence-corrected chi connectivity index (χ0v) is 10.2. The summed E-state index contributed by atoms with van der Waals surface area (Å²) in [4.78, 5) is 5.61. The van der Waals surface area contributed by atoms with E-state index in [9.17, 15) is 0 Å². The summed E-state index contributed by atoms with van der Waals surface area (Å²) >= 11 is 0. The van der Waals surface area contributed by atoms with Crippen molar-refractivity contribution >= 4 is 0 Å². The Bertz CT molecular complexity index is 370. The minimum absolute atomic E-state index is 0.122. The number of hydrogen-bond donors (Lipinski definition) is 2. The summed E-state index contributed by atoms with van der Waals surface area (Å²) in [5.74, 6) is 0. The molecule has 0 fully saturated rings. The summed E-state index contributed by atoms with van der Waals surface area (Å²) in [5.41, 5.74) is 11.5. The maximum absolute atomic E-state index is 6.08. The van der Waals surface area contributed by atoms with Gasteiger partial charge in [-0.25, -0.2) is 0 Å². The van der Waals surface area contributed by atoms with Gasteiger partial charge in [-0.05, 0) is 38.3 Å². The van der Waals surface area contributed by atoms with Gasteiger partial charge in [0.15, 0.2) is 0 Å². The highest BCUT2D eigenvalue weighted by Crippen LogP contribution is 2.37. The average molecular weight is 220 g/mol. The minimum Gasteiger partial charge on any atom is -0.324 e. The van der Waals surface area contributed by atoms with Crippen molar-refractivity contribution in [2.24, 2.45) is 5.73 Å². The van der Waals surface area contributed by atoms with Crippen molar-refractivity contribution in [2.45, 2.75) is 44.9 Å². The molecular weight excluding hydrogens is 200 g/mol.